The summed E-state index contributed by atoms with van der Waals surface area (Å²) in [5.74, 6) is -2.30. The van der Waals surface area contributed by atoms with Crippen LogP contribution in [0.2, 0.25) is 0 Å². The minimum Gasteiger partial charge on any atom is -0.480 e. The molecular weight excluding hydrogens is 717 g/mol. The first-order chi connectivity index (χ1) is 27.8. The molecular formula is C48H88N2O7. The van der Waals surface area contributed by atoms with Gasteiger partial charge in [0.15, 0.2) is 0 Å². The maximum absolute atomic E-state index is 12.8. The summed E-state index contributed by atoms with van der Waals surface area (Å²) in [5.41, 5.74) is 0. The van der Waals surface area contributed by atoms with Gasteiger partial charge >= 0.3 is 11.9 Å². The lowest BCUT2D eigenvalue weighted by Crippen LogP contribution is -2.47. The molecule has 0 aromatic carbocycles. The second-order valence-corrected chi connectivity index (χ2v) is 16.2. The van der Waals surface area contributed by atoms with Crippen LogP contribution in [0, 0.1) is 0 Å². The molecule has 0 aromatic rings. The molecule has 0 aliphatic rings. The summed E-state index contributed by atoms with van der Waals surface area (Å²) in [4.78, 5) is 47.7. The van der Waals surface area contributed by atoms with Crippen LogP contribution in [0.3, 0.4) is 0 Å². The van der Waals surface area contributed by atoms with Crippen molar-refractivity contribution in [3.05, 3.63) is 24.3 Å². The van der Waals surface area contributed by atoms with E-state index in [1.807, 2.05) is 0 Å². The molecule has 2 amide bonds. The van der Waals surface area contributed by atoms with E-state index in [0.717, 1.165) is 83.5 Å². The first kappa shape index (κ1) is 54.3. The Morgan fingerprint density at radius 3 is 1.42 bits per heavy atom. The molecule has 0 rings (SSSR count). The van der Waals surface area contributed by atoms with E-state index in [0.29, 0.717) is 19.3 Å². The first-order valence-electron chi connectivity index (χ1n) is 23.7. The minimum absolute atomic E-state index is 0.0321. The van der Waals surface area contributed by atoms with Gasteiger partial charge in [-0.15, -0.1) is 0 Å². The van der Waals surface area contributed by atoms with E-state index < -0.39 is 24.5 Å². The maximum atomic E-state index is 12.8. The maximum Gasteiger partial charge on any atom is 0.328 e. The molecule has 0 saturated heterocycles. The van der Waals surface area contributed by atoms with Crippen molar-refractivity contribution in [2.75, 3.05) is 13.2 Å². The number of carboxylic acid groups (broad SMARTS) is 1. The lowest BCUT2D eigenvalue weighted by Gasteiger charge is -2.18. The fourth-order valence-corrected chi connectivity index (χ4v) is 7.04. The van der Waals surface area contributed by atoms with Crippen molar-refractivity contribution >= 4 is 23.8 Å². The smallest absolute Gasteiger partial charge is 0.328 e. The Morgan fingerprint density at radius 2 is 0.947 bits per heavy atom. The van der Waals surface area contributed by atoms with E-state index in [1.165, 1.54) is 116 Å². The fraction of sp³-hybridized carbons (Fsp3) is 0.833. The molecule has 0 aromatic heterocycles. The quantitative estimate of drug-likeness (QED) is 0.0273. The number of amides is 2. The van der Waals surface area contributed by atoms with Gasteiger partial charge in [-0.3, -0.25) is 14.4 Å². The van der Waals surface area contributed by atoms with Gasteiger partial charge in [0.05, 0.1) is 13.2 Å². The number of esters is 1. The number of ether oxygens (including phenoxy) is 1. The molecule has 0 saturated carbocycles. The van der Waals surface area contributed by atoms with E-state index in [4.69, 9.17) is 14.9 Å². The summed E-state index contributed by atoms with van der Waals surface area (Å²) < 4.78 is 6.04. The Hall–Kier alpha value is -2.68. The average molecular weight is 805 g/mol. The van der Waals surface area contributed by atoms with Crippen molar-refractivity contribution in [1.29, 1.82) is 0 Å². The molecule has 4 N–H and O–H groups in total. The van der Waals surface area contributed by atoms with Crippen LogP contribution in [0.5, 0.6) is 0 Å². The number of hydrogen-bond donors (Lipinski definition) is 4. The molecule has 0 heterocycles. The van der Waals surface area contributed by atoms with Gasteiger partial charge in [0, 0.05) is 12.8 Å². The van der Waals surface area contributed by atoms with Crippen molar-refractivity contribution in [3.63, 3.8) is 0 Å². The Kier molecular flexibility index (Phi) is 40.9. The van der Waals surface area contributed by atoms with Gasteiger partial charge in [-0.05, 0) is 70.6 Å². The van der Waals surface area contributed by atoms with E-state index in [9.17, 15) is 19.2 Å². The molecule has 0 spiro atoms. The highest BCUT2D eigenvalue weighted by Crippen LogP contribution is 2.19. The highest BCUT2D eigenvalue weighted by Gasteiger charge is 2.19. The predicted octanol–water partition coefficient (Wildman–Crippen LogP) is 12.0. The SMILES string of the molecule is CCCCCCC/C=C\C/C=C\CCCCCC(CCCCCCCC(=O)NCC(=O)NC(CO)C(=O)O)OC(=O)CCCCCCCCCCCCCCCC. The number of aliphatic carboxylic acids is 1. The lowest BCUT2D eigenvalue weighted by atomic mass is 10.0. The highest BCUT2D eigenvalue weighted by molar-refractivity contribution is 5.87. The molecule has 2 atom stereocenters. The predicted molar refractivity (Wildman–Crippen MR) is 236 cm³/mol. The summed E-state index contributed by atoms with van der Waals surface area (Å²) in [6, 6.07) is -1.38. The van der Waals surface area contributed by atoms with Crippen LogP contribution in [-0.4, -0.2) is 59.3 Å². The van der Waals surface area contributed by atoms with Crippen molar-refractivity contribution in [2.45, 2.75) is 244 Å². The van der Waals surface area contributed by atoms with Crippen LogP contribution < -0.4 is 10.6 Å². The number of hydrogen-bond acceptors (Lipinski definition) is 6. The third kappa shape index (κ3) is 39.9. The molecule has 0 bridgehead atoms. The second kappa shape index (κ2) is 42.9. The Bertz CT molecular complexity index is 1010. The number of carbonyl (C=O) groups is 4. The van der Waals surface area contributed by atoms with E-state index in [1.54, 1.807) is 0 Å². The topological polar surface area (TPSA) is 142 Å². The van der Waals surface area contributed by atoms with Crippen molar-refractivity contribution in [1.82, 2.24) is 10.6 Å². The van der Waals surface area contributed by atoms with Crippen molar-refractivity contribution < 1.29 is 34.1 Å². The second-order valence-electron chi connectivity index (χ2n) is 16.2. The molecule has 0 fully saturated rings. The summed E-state index contributed by atoms with van der Waals surface area (Å²) in [5, 5.41) is 22.6. The van der Waals surface area contributed by atoms with E-state index >= 15 is 0 Å². The van der Waals surface area contributed by atoms with Gasteiger partial charge in [0.2, 0.25) is 11.8 Å². The van der Waals surface area contributed by atoms with Gasteiger partial charge in [0.25, 0.3) is 0 Å². The number of nitrogens with one attached hydrogen (secondary N) is 2. The van der Waals surface area contributed by atoms with Crippen molar-refractivity contribution in [3.8, 4) is 0 Å². The number of carboxylic acids is 1. The Labute approximate surface area is 349 Å². The van der Waals surface area contributed by atoms with Crippen LogP contribution in [0.1, 0.15) is 232 Å². The Morgan fingerprint density at radius 1 is 0.526 bits per heavy atom. The van der Waals surface area contributed by atoms with Gasteiger partial charge in [0.1, 0.15) is 12.1 Å². The third-order valence-corrected chi connectivity index (χ3v) is 10.7. The van der Waals surface area contributed by atoms with Crippen LogP contribution in [0.4, 0.5) is 0 Å². The third-order valence-electron chi connectivity index (χ3n) is 10.7. The zero-order valence-corrected chi connectivity index (χ0v) is 36.9. The zero-order chi connectivity index (χ0) is 41.9. The number of rotatable bonds is 43. The monoisotopic (exact) mass is 805 g/mol. The van der Waals surface area contributed by atoms with Crippen LogP contribution in [0.25, 0.3) is 0 Å². The fourth-order valence-electron chi connectivity index (χ4n) is 7.04. The summed E-state index contributed by atoms with van der Waals surface area (Å²) in [6.45, 7) is 3.49. The minimum atomic E-state index is -1.38. The molecule has 332 valence electrons. The zero-order valence-electron chi connectivity index (χ0n) is 36.9. The average Bonchev–Trinajstić information content (AvgIpc) is 3.20. The van der Waals surface area contributed by atoms with E-state index in [2.05, 4.69) is 48.8 Å². The normalized spacial score (nSPS) is 12.6. The largest absolute Gasteiger partial charge is 0.480 e. The van der Waals surface area contributed by atoms with Crippen LogP contribution in [0.15, 0.2) is 24.3 Å². The number of allylic oxidation sites excluding steroid dienone is 4. The summed E-state index contributed by atoms with van der Waals surface area (Å²) in [7, 11) is 0. The lowest BCUT2D eigenvalue weighted by molar-refractivity contribution is -0.150. The summed E-state index contributed by atoms with van der Waals surface area (Å²) >= 11 is 0. The molecule has 0 aliphatic carbocycles. The molecule has 57 heavy (non-hydrogen) atoms. The Balaban J connectivity index is 4.36. The van der Waals surface area contributed by atoms with Crippen LogP contribution >= 0.6 is 0 Å². The first-order valence-corrected chi connectivity index (χ1v) is 23.7. The van der Waals surface area contributed by atoms with Crippen LogP contribution in [-0.2, 0) is 23.9 Å². The number of aliphatic hydroxyl groups excluding tert-OH is 1. The highest BCUT2D eigenvalue weighted by atomic mass is 16.5. The van der Waals surface area contributed by atoms with E-state index in [-0.39, 0.29) is 24.5 Å². The number of unbranched alkanes of at least 4 members (excludes halogenated alkanes) is 25. The van der Waals surface area contributed by atoms with Gasteiger partial charge in [-0.25, -0.2) is 4.79 Å². The van der Waals surface area contributed by atoms with Gasteiger partial charge < -0.3 is 25.6 Å². The molecule has 2 unspecified atom stereocenters. The number of aliphatic hydroxyl groups is 1. The molecule has 0 radical (unpaired) electrons. The standard InChI is InChI=1S/C48H88N2O7/c1-3-5-7-9-11-13-15-17-19-20-22-24-26-29-33-37-43(57-47(54)40-36-32-27-25-23-21-18-16-14-12-10-8-6-4-2)38-34-30-28-31-35-39-45(52)49-41-46(53)50-44(42-51)48(55)56/h15,17,20,22,43-44,51H,3-14,16,18-19,21,23-42H2,1-2H3,(H,49,52)(H,50,53)(H,55,56)/b17-15-,22-20-. The van der Waals surface area contributed by atoms with Crippen molar-refractivity contribution in [2.24, 2.45) is 0 Å². The van der Waals surface area contributed by atoms with Gasteiger partial charge in [-0.1, -0.05) is 173 Å². The summed E-state index contributed by atoms with van der Waals surface area (Å²) in [6.07, 6.45) is 47.7. The molecule has 9 heteroatoms. The number of carbonyl (C=O) groups excluding carboxylic acids is 3. The molecule has 9 nitrogen and oxygen atoms in total. The molecule has 0 aliphatic heterocycles. The van der Waals surface area contributed by atoms with Gasteiger partial charge in [-0.2, -0.15) is 0 Å².